The van der Waals surface area contributed by atoms with E-state index in [9.17, 15) is 0 Å². The van der Waals surface area contributed by atoms with Crippen LogP contribution in [0.3, 0.4) is 0 Å². The Morgan fingerprint density at radius 2 is 1.63 bits per heavy atom. The highest BCUT2D eigenvalue weighted by atomic mass is 15.5. The van der Waals surface area contributed by atoms with Crippen LogP contribution in [0.1, 0.15) is 28.5 Å². The van der Waals surface area contributed by atoms with E-state index in [-0.39, 0.29) is 0 Å². The summed E-state index contributed by atoms with van der Waals surface area (Å²) >= 11 is 0. The summed E-state index contributed by atoms with van der Waals surface area (Å²) in [5.41, 5.74) is 5.04. The van der Waals surface area contributed by atoms with Crippen molar-refractivity contribution in [3.8, 4) is 0 Å². The van der Waals surface area contributed by atoms with Crippen LogP contribution in [0.2, 0.25) is 0 Å². The summed E-state index contributed by atoms with van der Waals surface area (Å²) in [6.45, 7) is 10.2. The number of nitrogens with zero attached hydrogens (tertiary/aromatic N) is 11. The van der Waals surface area contributed by atoms with E-state index in [4.69, 9.17) is 0 Å². The minimum Gasteiger partial charge on any atom is -0.299 e. The smallest absolute Gasteiger partial charge is 0.141 e. The summed E-state index contributed by atoms with van der Waals surface area (Å²) in [7, 11) is 2.18. The van der Waals surface area contributed by atoms with Crippen molar-refractivity contribution in [3.63, 3.8) is 0 Å². The highest BCUT2D eigenvalue weighted by molar-refractivity contribution is 5.20. The van der Waals surface area contributed by atoms with Gasteiger partial charge in [-0.15, -0.1) is 5.10 Å². The molecule has 0 bridgehead atoms. The van der Waals surface area contributed by atoms with Crippen molar-refractivity contribution in [2.75, 3.05) is 26.7 Å². The summed E-state index contributed by atoms with van der Waals surface area (Å²) in [5.74, 6) is 1.03. The molecule has 0 spiro atoms. The average molecular weight is 410 g/mol. The number of likely N-dealkylation sites (N-methyl/N-ethyl adjacent to an activating group) is 1. The summed E-state index contributed by atoms with van der Waals surface area (Å²) in [6, 6.07) is 0. The first-order chi connectivity index (χ1) is 14.7. The molecule has 11 nitrogen and oxygen atoms in total. The molecule has 0 aromatic carbocycles. The second kappa shape index (κ2) is 7.25. The summed E-state index contributed by atoms with van der Waals surface area (Å²) in [5, 5.41) is 17.8. The lowest BCUT2D eigenvalue weighted by Gasteiger charge is -2.30. The molecule has 3 aromatic heterocycles. The quantitative estimate of drug-likeness (QED) is 0.572. The third kappa shape index (κ3) is 3.22. The normalized spacial score (nSPS) is 20.2. The molecule has 0 aliphatic carbocycles. The van der Waals surface area contributed by atoms with Crippen molar-refractivity contribution in [2.24, 2.45) is 0 Å². The minimum absolute atomic E-state index is 0.810. The molecular weight excluding hydrogens is 382 g/mol. The Bertz CT molecular complexity index is 1050. The van der Waals surface area contributed by atoms with E-state index in [1.165, 1.54) is 17.0 Å². The topological polar surface area (TPSA) is 89.0 Å². The fourth-order valence-electron chi connectivity index (χ4n) is 4.76. The molecule has 158 valence electrons. The molecule has 11 heteroatoms. The lowest BCUT2D eigenvalue weighted by atomic mass is 10.1. The largest absolute Gasteiger partial charge is 0.299 e. The molecule has 0 unspecified atom stereocenters. The second-order valence-electron chi connectivity index (χ2n) is 8.60. The monoisotopic (exact) mass is 409 g/mol. The van der Waals surface area contributed by atoms with Crippen molar-refractivity contribution in [2.45, 2.75) is 52.4 Å². The first-order valence-corrected chi connectivity index (χ1v) is 10.7. The summed E-state index contributed by atoms with van der Waals surface area (Å²) < 4.78 is 6.24. The number of rotatable bonds is 4. The predicted molar refractivity (Wildman–Crippen MR) is 107 cm³/mol. The van der Waals surface area contributed by atoms with Gasteiger partial charge in [0, 0.05) is 51.4 Å². The lowest BCUT2D eigenvalue weighted by Crippen LogP contribution is -2.36. The number of hydrogen-bond acceptors (Lipinski definition) is 8. The maximum Gasteiger partial charge on any atom is 0.141 e. The molecular formula is C19H27N11. The number of hydrogen-bond donors (Lipinski definition) is 0. The van der Waals surface area contributed by atoms with E-state index < -0.39 is 0 Å². The Hall–Kier alpha value is -2.63. The Morgan fingerprint density at radius 3 is 2.57 bits per heavy atom. The van der Waals surface area contributed by atoms with Gasteiger partial charge in [0.2, 0.25) is 0 Å². The van der Waals surface area contributed by atoms with Crippen LogP contribution in [0.5, 0.6) is 0 Å². The van der Waals surface area contributed by atoms with E-state index in [0.717, 1.165) is 83.5 Å². The Kier molecular flexibility index (Phi) is 4.39. The zero-order valence-electron chi connectivity index (χ0n) is 17.4. The van der Waals surface area contributed by atoms with Gasteiger partial charge in [-0.1, -0.05) is 5.21 Å². The number of aromatic nitrogens is 8. The molecule has 0 atom stereocenters. The number of fused-ring (bicyclic) bond motifs is 3. The van der Waals surface area contributed by atoms with E-state index in [2.05, 4.69) is 62.8 Å². The van der Waals surface area contributed by atoms with Gasteiger partial charge in [-0.3, -0.25) is 19.4 Å². The van der Waals surface area contributed by atoms with Gasteiger partial charge >= 0.3 is 0 Å². The van der Waals surface area contributed by atoms with E-state index in [0.29, 0.717) is 0 Å². The van der Waals surface area contributed by atoms with Crippen molar-refractivity contribution in [1.82, 2.24) is 54.2 Å². The standard InChI is InChI=1S/C19H27N11/c1-25-2-5-28-17(11-25)15(8-21-28)9-26-3-6-29-18(12-26)16(23-24-29)10-27-4-7-30-19(13-27)20-14-22-30/h8,14H,2-7,9-13H2,1H3. The molecule has 3 aliphatic heterocycles. The van der Waals surface area contributed by atoms with Gasteiger partial charge in [0.25, 0.3) is 0 Å². The molecule has 6 rings (SSSR count). The summed E-state index contributed by atoms with van der Waals surface area (Å²) in [4.78, 5) is 11.6. The van der Waals surface area contributed by atoms with Gasteiger partial charge in [0.05, 0.1) is 43.8 Å². The van der Waals surface area contributed by atoms with E-state index in [1.54, 1.807) is 6.33 Å². The van der Waals surface area contributed by atoms with Crippen LogP contribution in [0.15, 0.2) is 12.5 Å². The Labute approximate surface area is 174 Å². The van der Waals surface area contributed by atoms with Crippen LogP contribution < -0.4 is 0 Å². The molecule has 30 heavy (non-hydrogen) atoms. The SMILES string of the molecule is CN1CCn2ncc(CN3CCn4nnc(CN5CCn6ncnc6C5)c4C3)c2C1. The zero-order chi connectivity index (χ0) is 20.1. The van der Waals surface area contributed by atoms with Gasteiger partial charge in [0.1, 0.15) is 17.8 Å². The lowest BCUT2D eigenvalue weighted by molar-refractivity contribution is 0.188. The van der Waals surface area contributed by atoms with Gasteiger partial charge in [-0.2, -0.15) is 10.2 Å². The van der Waals surface area contributed by atoms with Gasteiger partial charge in [-0.05, 0) is 7.05 Å². The zero-order valence-corrected chi connectivity index (χ0v) is 17.4. The van der Waals surface area contributed by atoms with Crippen LogP contribution in [-0.4, -0.2) is 80.9 Å². The molecule has 0 N–H and O–H groups in total. The highest BCUT2D eigenvalue weighted by Crippen LogP contribution is 2.22. The third-order valence-corrected chi connectivity index (χ3v) is 6.52. The van der Waals surface area contributed by atoms with Crippen LogP contribution in [-0.2, 0) is 52.4 Å². The molecule has 0 amide bonds. The minimum atomic E-state index is 0.810. The Morgan fingerprint density at radius 1 is 0.800 bits per heavy atom. The molecule has 0 saturated carbocycles. The maximum atomic E-state index is 4.61. The van der Waals surface area contributed by atoms with Crippen molar-refractivity contribution in [1.29, 1.82) is 0 Å². The third-order valence-electron chi connectivity index (χ3n) is 6.52. The average Bonchev–Trinajstić information content (AvgIpc) is 3.47. The molecule has 3 aromatic rings. The van der Waals surface area contributed by atoms with Crippen molar-refractivity contribution in [3.05, 3.63) is 41.0 Å². The highest BCUT2D eigenvalue weighted by Gasteiger charge is 2.26. The van der Waals surface area contributed by atoms with Crippen molar-refractivity contribution < 1.29 is 0 Å². The van der Waals surface area contributed by atoms with E-state index in [1.807, 2.05) is 4.68 Å². The van der Waals surface area contributed by atoms with Crippen LogP contribution >= 0.6 is 0 Å². The Balaban J connectivity index is 1.16. The van der Waals surface area contributed by atoms with Crippen LogP contribution in [0, 0.1) is 0 Å². The first-order valence-electron chi connectivity index (χ1n) is 10.7. The van der Waals surface area contributed by atoms with Crippen LogP contribution in [0.4, 0.5) is 0 Å². The molecule has 0 saturated heterocycles. The maximum absolute atomic E-state index is 4.61. The van der Waals surface area contributed by atoms with Crippen molar-refractivity contribution >= 4 is 0 Å². The molecule has 0 fully saturated rings. The van der Waals surface area contributed by atoms with Gasteiger partial charge < -0.3 is 0 Å². The van der Waals surface area contributed by atoms with Gasteiger partial charge in [-0.25, -0.2) is 14.3 Å². The fraction of sp³-hybridized carbons (Fsp3) is 0.632. The second-order valence-corrected chi connectivity index (χ2v) is 8.60. The molecule has 3 aliphatic rings. The van der Waals surface area contributed by atoms with Crippen LogP contribution in [0.25, 0.3) is 0 Å². The summed E-state index contributed by atoms with van der Waals surface area (Å²) in [6.07, 6.45) is 3.70. The van der Waals surface area contributed by atoms with E-state index >= 15 is 0 Å². The fourth-order valence-corrected chi connectivity index (χ4v) is 4.76. The molecule has 0 radical (unpaired) electrons. The first kappa shape index (κ1) is 18.2. The predicted octanol–water partition coefficient (Wildman–Crippen LogP) is -0.457. The van der Waals surface area contributed by atoms with Gasteiger partial charge in [0.15, 0.2) is 0 Å². The molecule has 6 heterocycles.